The van der Waals surface area contributed by atoms with Crippen molar-refractivity contribution in [3.05, 3.63) is 42.2 Å². The van der Waals surface area contributed by atoms with Crippen LogP contribution in [0.3, 0.4) is 0 Å². The van der Waals surface area contributed by atoms with Crippen molar-refractivity contribution in [2.24, 2.45) is 0 Å². The van der Waals surface area contributed by atoms with Crippen molar-refractivity contribution in [2.45, 2.75) is 26.2 Å². The molecule has 0 unspecified atom stereocenters. The maximum atomic E-state index is 5.38. The van der Waals surface area contributed by atoms with E-state index in [1.54, 1.807) is 13.4 Å². The Morgan fingerprint density at radius 3 is 2.83 bits per heavy atom. The van der Waals surface area contributed by atoms with E-state index >= 15 is 0 Å². The molecule has 1 heterocycles. The molecule has 0 aliphatic heterocycles. The van der Waals surface area contributed by atoms with E-state index in [9.17, 15) is 0 Å². The summed E-state index contributed by atoms with van der Waals surface area (Å²) in [6.07, 6.45) is 4.84. The summed E-state index contributed by atoms with van der Waals surface area (Å²) in [5.74, 6) is 2.73. The molecule has 124 valence electrons. The summed E-state index contributed by atoms with van der Waals surface area (Å²) in [5, 5.41) is 3.36. The minimum Gasteiger partial charge on any atom is -0.496 e. The molecular weight excluding hydrogens is 288 g/mol. The number of methoxy groups -OCH3 is 1. The number of anilines is 2. The first-order valence-electron chi connectivity index (χ1n) is 8.13. The molecule has 1 aromatic carbocycles. The van der Waals surface area contributed by atoms with Crippen LogP contribution in [0.25, 0.3) is 0 Å². The number of unbranched alkanes of at least 4 members (excludes halogenated alkanes) is 1. The van der Waals surface area contributed by atoms with E-state index < -0.39 is 0 Å². The van der Waals surface area contributed by atoms with Crippen molar-refractivity contribution < 1.29 is 4.74 Å². The van der Waals surface area contributed by atoms with Crippen LogP contribution in [0.1, 0.15) is 25.3 Å². The highest BCUT2D eigenvalue weighted by Gasteiger charge is 2.05. The smallest absolute Gasteiger partial charge is 0.133 e. The van der Waals surface area contributed by atoms with Gasteiger partial charge >= 0.3 is 0 Å². The van der Waals surface area contributed by atoms with Crippen LogP contribution in [-0.2, 0) is 6.42 Å². The van der Waals surface area contributed by atoms with Gasteiger partial charge in [0.2, 0.25) is 0 Å². The predicted molar refractivity (Wildman–Crippen MR) is 95.4 cm³/mol. The van der Waals surface area contributed by atoms with Crippen molar-refractivity contribution in [1.82, 2.24) is 9.97 Å². The Morgan fingerprint density at radius 1 is 1.22 bits per heavy atom. The molecule has 0 atom stereocenters. The lowest BCUT2D eigenvalue weighted by atomic mass is 10.1. The second-order valence-corrected chi connectivity index (χ2v) is 5.53. The first kappa shape index (κ1) is 17.1. The number of hydrogen-bond donors (Lipinski definition) is 1. The number of benzene rings is 1. The van der Waals surface area contributed by atoms with Gasteiger partial charge in [-0.3, -0.25) is 0 Å². The summed E-state index contributed by atoms with van der Waals surface area (Å²) < 4.78 is 5.38. The summed E-state index contributed by atoms with van der Waals surface area (Å²) in [6.45, 7) is 4.00. The van der Waals surface area contributed by atoms with Gasteiger partial charge in [-0.25, -0.2) is 9.97 Å². The molecule has 0 fully saturated rings. The molecule has 1 aromatic heterocycles. The number of para-hydroxylation sites is 1. The lowest BCUT2D eigenvalue weighted by Crippen LogP contribution is -2.20. The molecule has 23 heavy (non-hydrogen) atoms. The van der Waals surface area contributed by atoms with Gasteiger partial charge in [-0.05, 0) is 24.5 Å². The van der Waals surface area contributed by atoms with Crippen LogP contribution in [0.5, 0.6) is 5.75 Å². The molecular formula is C18H26N4O. The highest BCUT2D eigenvalue weighted by Crippen LogP contribution is 2.18. The third kappa shape index (κ3) is 5.13. The molecule has 0 amide bonds. The lowest BCUT2D eigenvalue weighted by Gasteiger charge is -2.18. The van der Waals surface area contributed by atoms with Gasteiger partial charge < -0.3 is 15.0 Å². The van der Waals surface area contributed by atoms with Crippen LogP contribution < -0.4 is 15.0 Å². The van der Waals surface area contributed by atoms with Gasteiger partial charge in [-0.15, -0.1) is 0 Å². The fourth-order valence-corrected chi connectivity index (χ4v) is 2.40. The first-order valence-corrected chi connectivity index (χ1v) is 8.13. The zero-order valence-electron chi connectivity index (χ0n) is 14.2. The summed E-state index contributed by atoms with van der Waals surface area (Å²) in [4.78, 5) is 10.8. The molecule has 0 aliphatic rings. The first-order chi connectivity index (χ1) is 11.2. The van der Waals surface area contributed by atoms with Gasteiger partial charge in [0, 0.05) is 26.2 Å². The monoisotopic (exact) mass is 314 g/mol. The van der Waals surface area contributed by atoms with E-state index in [1.807, 2.05) is 24.3 Å². The van der Waals surface area contributed by atoms with Crippen LogP contribution in [0.4, 0.5) is 11.6 Å². The Bertz CT molecular complexity index is 603. The predicted octanol–water partition coefficient (Wildman–Crippen LogP) is 3.38. The Labute approximate surface area is 138 Å². The fourth-order valence-electron chi connectivity index (χ4n) is 2.40. The van der Waals surface area contributed by atoms with Gasteiger partial charge in [0.05, 0.1) is 7.11 Å². The minimum atomic E-state index is 0.801. The van der Waals surface area contributed by atoms with Crippen molar-refractivity contribution in [3.63, 3.8) is 0 Å². The molecule has 0 radical (unpaired) electrons. The summed E-state index contributed by atoms with van der Waals surface area (Å²) in [7, 11) is 3.77. The molecule has 0 saturated heterocycles. The van der Waals surface area contributed by atoms with Crippen LogP contribution in [-0.4, -0.2) is 37.2 Å². The minimum absolute atomic E-state index is 0.801. The highest BCUT2D eigenvalue weighted by molar-refractivity contribution is 5.48. The van der Waals surface area contributed by atoms with E-state index in [0.717, 1.165) is 43.3 Å². The number of hydrogen-bond acceptors (Lipinski definition) is 5. The number of ether oxygens (including phenoxy) is 1. The highest BCUT2D eigenvalue weighted by atomic mass is 16.5. The molecule has 5 nitrogen and oxygen atoms in total. The molecule has 2 rings (SSSR count). The zero-order chi connectivity index (χ0) is 16.5. The fraction of sp³-hybridized carbons (Fsp3) is 0.444. The molecule has 5 heteroatoms. The van der Waals surface area contributed by atoms with Gasteiger partial charge in [0.1, 0.15) is 23.7 Å². The van der Waals surface area contributed by atoms with E-state index in [4.69, 9.17) is 4.74 Å². The van der Waals surface area contributed by atoms with Crippen LogP contribution >= 0.6 is 0 Å². The van der Waals surface area contributed by atoms with Gasteiger partial charge in [-0.1, -0.05) is 31.5 Å². The topological polar surface area (TPSA) is 50.3 Å². The SMILES string of the molecule is CCCCN(C)c1cc(NCCc2ccccc2OC)ncn1. The average Bonchev–Trinajstić information content (AvgIpc) is 2.60. The van der Waals surface area contributed by atoms with E-state index in [2.05, 4.69) is 40.2 Å². The quantitative estimate of drug-likeness (QED) is 0.769. The normalized spacial score (nSPS) is 10.4. The lowest BCUT2D eigenvalue weighted by molar-refractivity contribution is 0.410. The van der Waals surface area contributed by atoms with E-state index in [-0.39, 0.29) is 0 Å². The standard InChI is InChI=1S/C18H26N4O/c1-4-5-12-22(2)18-13-17(20-14-21-18)19-11-10-15-8-6-7-9-16(15)23-3/h6-9,13-14H,4-5,10-12H2,1-3H3,(H,19,20,21). The summed E-state index contributed by atoms with van der Waals surface area (Å²) in [6, 6.07) is 10.1. The van der Waals surface area contributed by atoms with E-state index in [1.165, 1.54) is 12.0 Å². The zero-order valence-corrected chi connectivity index (χ0v) is 14.2. The van der Waals surface area contributed by atoms with Crippen LogP contribution in [0, 0.1) is 0 Å². The molecule has 0 bridgehead atoms. The van der Waals surface area contributed by atoms with Crippen LogP contribution in [0.15, 0.2) is 36.7 Å². The Hall–Kier alpha value is -2.30. The van der Waals surface area contributed by atoms with Crippen molar-refractivity contribution in [2.75, 3.05) is 37.5 Å². The Balaban J connectivity index is 1.90. The Morgan fingerprint density at radius 2 is 2.04 bits per heavy atom. The number of rotatable bonds is 9. The van der Waals surface area contributed by atoms with Crippen molar-refractivity contribution in [3.8, 4) is 5.75 Å². The summed E-state index contributed by atoms with van der Waals surface area (Å²) >= 11 is 0. The van der Waals surface area contributed by atoms with Crippen LogP contribution in [0.2, 0.25) is 0 Å². The third-order valence-electron chi connectivity index (χ3n) is 3.78. The van der Waals surface area contributed by atoms with Crippen molar-refractivity contribution in [1.29, 1.82) is 0 Å². The van der Waals surface area contributed by atoms with Gasteiger partial charge in [0.25, 0.3) is 0 Å². The number of nitrogens with zero attached hydrogens (tertiary/aromatic N) is 3. The largest absolute Gasteiger partial charge is 0.496 e. The molecule has 0 aliphatic carbocycles. The third-order valence-corrected chi connectivity index (χ3v) is 3.78. The molecule has 0 spiro atoms. The maximum Gasteiger partial charge on any atom is 0.133 e. The number of aromatic nitrogens is 2. The van der Waals surface area contributed by atoms with E-state index in [0.29, 0.717) is 0 Å². The average molecular weight is 314 g/mol. The molecule has 2 aromatic rings. The second-order valence-electron chi connectivity index (χ2n) is 5.53. The van der Waals surface area contributed by atoms with Crippen molar-refractivity contribution >= 4 is 11.6 Å². The molecule has 0 saturated carbocycles. The number of nitrogens with one attached hydrogen (secondary N) is 1. The van der Waals surface area contributed by atoms with Gasteiger partial charge in [0.15, 0.2) is 0 Å². The maximum absolute atomic E-state index is 5.38. The van der Waals surface area contributed by atoms with Gasteiger partial charge in [-0.2, -0.15) is 0 Å². The molecule has 1 N–H and O–H groups in total. The second kappa shape index (κ2) is 8.98. The Kier molecular flexibility index (Phi) is 6.66. The summed E-state index contributed by atoms with van der Waals surface area (Å²) in [5.41, 5.74) is 1.19.